The molecule has 0 fully saturated rings. The van der Waals surface area contributed by atoms with Crippen molar-refractivity contribution in [3.8, 4) is 0 Å². The Morgan fingerprint density at radius 1 is 0.947 bits per heavy atom. The smallest absolute Gasteiger partial charge is 0.312 e. The summed E-state index contributed by atoms with van der Waals surface area (Å²) in [6.07, 6.45) is 11.1. The highest BCUT2D eigenvalue weighted by atomic mass is 16.5. The van der Waals surface area contributed by atoms with E-state index in [0.29, 0.717) is 25.3 Å². The zero-order valence-electron chi connectivity index (χ0n) is 26.8. The number of nitrogens with zero attached hydrogens (tertiary/aromatic N) is 1. The van der Waals surface area contributed by atoms with Crippen LogP contribution in [0.4, 0.5) is 0 Å². The first-order valence-electron chi connectivity index (χ1n) is 14.5. The predicted molar refractivity (Wildman–Crippen MR) is 160 cm³/mol. The molecule has 222 valence electrons. The fourth-order valence-electron chi connectivity index (χ4n) is 4.16. The maximum absolute atomic E-state index is 12.6. The number of allylic oxidation sites excluding steroid dienone is 2. The van der Waals surface area contributed by atoms with Gasteiger partial charge in [-0.2, -0.15) is 0 Å². The number of carbonyl (C=O) groups is 2. The van der Waals surface area contributed by atoms with Crippen LogP contribution in [0.2, 0.25) is 0 Å². The van der Waals surface area contributed by atoms with Crippen molar-refractivity contribution in [3.05, 3.63) is 24.3 Å². The molecule has 0 saturated carbocycles. The molecule has 0 saturated heterocycles. The molecule has 0 aromatic heterocycles. The molecular weight excluding hydrogens is 476 g/mol. The molecule has 0 amide bonds. The first kappa shape index (κ1) is 36.3. The van der Waals surface area contributed by atoms with Crippen LogP contribution in [-0.2, 0) is 19.1 Å². The maximum atomic E-state index is 12.6. The third kappa shape index (κ3) is 15.7. The molecule has 0 aliphatic rings. The molecule has 1 unspecified atom stereocenters. The van der Waals surface area contributed by atoms with E-state index in [0.717, 1.165) is 25.9 Å². The quantitative estimate of drug-likeness (QED) is 0.113. The Hall–Kier alpha value is -1.66. The molecular formula is C32H60N2O4. The minimum atomic E-state index is -0.511. The highest BCUT2D eigenvalue weighted by Gasteiger charge is 2.33. The summed E-state index contributed by atoms with van der Waals surface area (Å²) in [6, 6.07) is 0. The molecule has 0 aromatic carbocycles. The van der Waals surface area contributed by atoms with Crippen LogP contribution in [-0.4, -0.2) is 63.3 Å². The molecule has 0 rings (SSSR count). The maximum Gasteiger partial charge on any atom is 0.312 e. The number of hydrogen-bond donors (Lipinski definition) is 1. The van der Waals surface area contributed by atoms with Crippen LogP contribution in [0.25, 0.3) is 0 Å². The van der Waals surface area contributed by atoms with Crippen LogP contribution >= 0.6 is 0 Å². The standard InChI is InChI=1S/C32H60N2O4/c1-25(2)23-30(5,6)18-16-20-33-24-27(38-28(35)17-15-21-34(11)12)31(7,8)19-13-14-22-37-29(36)32(9,10)26(3)4/h13-14,16,18,25-27,33H,15,17,19-24H2,1-12H3/b14-13+,18-16-. The van der Waals surface area contributed by atoms with Gasteiger partial charge in [-0.25, -0.2) is 0 Å². The Labute approximate surface area is 235 Å². The minimum absolute atomic E-state index is 0.158. The lowest BCUT2D eigenvalue weighted by Crippen LogP contribution is -2.42. The molecule has 1 N–H and O–H groups in total. The van der Waals surface area contributed by atoms with Gasteiger partial charge < -0.3 is 19.7 Å². The molecule has 0 aliphatic carbocycles. The van der Waals surface area contributed by atoms with Crippen LogP contribution < -0.4 is 5.32 Å². The third-order valence-electron chi connectivity index (χ3n) is 7.32. The lowest BCUT2D eigenvalue weighted by atomic mass is 9.81. The zero-order chi connectivity index (χ0) is 29.6. The summed E-state index contributed by atoms with van der Waals surface area (Å²) < 4.78 is 11.5. The highest BCUT2D eigenvalue weighted by molar-refractivity contribution is 5.76. The van der Waals surface area contributed by atoms with Gasteiger partial charge in [-0.05, 0) is 71.0 Å². The lowest BCUT2D eigenvalue weighted by Gasteiger charge is -2.33. The van der Waals surface area contributed by atoms with Gasteiger partial charge in [0.1, 0.15) is 12.7 Å². The summed E-state index contributed by atoms with van der Waals surface area (Å²) >= 11 is 0. The van der Waals surface area contributed by atoms with Crippen molar-refractivity contribution < 1.29 is 19.1 Å². The van der Waals surface area contributed by atoms with E-state index in [1.54, 1.807) is 0 Å². The Bertz CT molecular complexity index is 749. The van der Waals surface area contributed by atoms with E-state index < -0.39 is 5.41 Å². The molecule has 0 radical (unpaired) electrons. The normalized spacial score (nSPS) is 14.3. The topological polar surface area (TPSA) is 67.9 Å². The zero-order valence-corrected chi connectivity index (χ0v) is 26.8. The summed E-state index contributed by atoms with van der Waals surface area (Å²) in [5.74, 6) is 0.511. The summed E-state index contributed by atoms with van der Waals surface area (Å²) in [5, 5.41) is 3.48. The van der Waals surface area contributed by atoms with Crippen LogP contribution in [0.3, 0.4) is 0 Å². The summed E-state index contributed by atoms with van der Waals surface area (Å²) in [5.41, 5.74) is -0.641. The largest absolute Gasteiger partial charge is 0.461 e. The van der Waals surface area contributed by atoms with Crippen molar-refractivity contribution >= 4 is 11.9 Å². The molecule has 0 bridgehead atoms. The van der Waals surface area contributed by atoms with Gasteiger partial charge >= 0.3 is 11.9 Å². The van der Waals surface area contributed by atoms with E-state index in [9.17, 15) is 9.59 Å². The summed E-state index contributed by atoms with van der Waals surface area (Å²) in [7, 11) is 4.01. The summed E-state index contributed by atoms with van der Waals surface area (Å²) in [4.78, 5) is 27.1. The van der Waals surface area contributed by atoms with Gasteiger partial charge in [0.2, 0.25) is 0 Å². The first-order chi connectivity index (χ1) is 17.4. The van der Waals surface area contributed by atoms with E-state index >= 15 is 0 Å². The van der Waals surface area contributed by atoms with Gasteiger partial charge in [-0.15, -0.1) is 0 Å². The SMILES string of the molecule is CC(C)CC(C)(C)/C=C\CNCC(OC(=O)CCCN(C)C)C(C)(C)C/C=C/COC(=O)C(C)(C)C(C)C. The van der Waals surface area contributed by atoms with Gasteiger partial charge in [0, 0.05) is 24.9 Å². The van der Waals surface area contributed by atoms with Crippen molar-refractivity contribution in [1.82, 2.24) is 10.2 Å². The number of rotatable bonds is 19. The van der Waals surface area contributed by atoms with Crippen LogP contribution in [0.1, 0.15) is 94.9 Å². The van der Waals surface area contributed by atoms with E-state index in [1.807, 2.05) is 53.9 Å². The van der Waals surface area contributed by atoms with Gasteiger partial charge in [0.05, 0.1) is 5.41 Å². The number of ether oxygens (including phenoxy) is 2. The van der Waals surface area contributed by atoms with Crippen LogP contribution in [0, 0.1) is 28.1 Å². The van der Waals surface area contributed by atoms with Crippen molar-refractivity contribution in [2.24, 2.45) is 28.1 Å². The van der Waals surface area contributed by atoms with Gasteiger partial charge in [-0.1, -0.05) is 79.7 Å². The van der Waals surface area contributed by atoms with Crippen molar-refractivity contribution in [3.63, 3.8) is 0 Å². The minimum Gasteiger partial charge on any atom is -0.461 e. The number of nitrogens with one attached hydrogen (secondary N) is 1. The average molecular weight is 537 g/mol. The van der Waals surface area contributed by atoms with Crippen molar-refractivity contribution in [2.75, 3.05) is 40.3 Å². The van der Waals surface area contributed by atoms with Crippen LogP contribution in [0.5, 0.6) is 0 Å². The third-order valence-corrected chi connectivity index (χ3v) is 7.32. The molecule has 0 aromatic rings. The molecule has 0 spiro atoms. The van der Waals surface area contributed by atoms with Crippen molar-refractivity contribution in [1.29, 1.82) is 0 Å². The second-order valence-corrected chi connectivity index (χ2v) is 13.7. The second kappa shape index (κ2) is 17.1. The molecule has 1 atom stereocenters. The van der Waals surface area contributed by atoms with Gasteiger partial charge in [-0.3, -0.25) is 9.59 Å². The van der Waals surface area contributed by atoms with Crippen molar-refractivity contribution in [2.45, 2.75) is 101 Å². The van der Waals surface area contributed by atoms with E-state index in [-0.39, 0.29) is 41.4 Å². The Morgan fingerprint density at radius 2 is 1.58 bits per heavy atom. The van der Waals surface area contributed by atoms with Gasteiger partial charge in [0.25, 0.3) is 0 Å². The summed E-state index contributed by atoms with van der Waals surface area (Å²) in [6.45, 7) is 23.5. The molecule has 0 aliphatic heterocycles. The fourth-order valence-corrected chi connectivity index (χ4v) is 4.16. The van der Waals surface area contributed by atoms with E-state index in [4.69, 9.17) is 9.47 Å². The molecule has 6 heteroatoms. The monoisotopic (exact) mass is 536 g/mol. The number of carbonyl (C=O) groups excluding carboxylic acids is 2. The Morgan fingerprint density at radius 3 is 2.13 bits per heavy atom. The Kier molecular flexibility index (Phi) is 16.4. The highest BCUT2D eigenvalue weighted by Crippen LogP contribution is 2.30. The first-order valence-corrected chi connectivity index (χ1v) is 14.5. The molecule has 0 heterocycles. The second-order valence-electron chi connectivity index (χ2n) is 13.7. The fraction of sp³-hybridized carbons (Fsp3) is 0.812. The predicted octanol–water partition coefficient (Wildman–Crippen LogP) is 6.66. The number of esters is 2. The van der Waals surface area contributed by atoms with Gasteiger partial charge in [0.15, 0.2) is 0 Å². The van der Waals surface area contributed by atoms with Crippen LogP contribution in [0.15, 0.2) is 24.3 Å². The molecule has 6 nitrogen and oxygen atoms in total. The lowest BCUT2D eigenvalue weighted by molar-refractivity contribution is -0.156. The number of hydrogen-bond acceptors (Lipinski definition) is 6. The Balaban J connectivity index is 5.10. The van der Waals surface area contributed by atoms with E-state index in [1.165, 1.54) is 0 Å². The average Bonchev–Trinajstić information content (AvgIpc) is 2.76. The van der Waals surface area contributed by atoms with E-state index in [2.05, 4.69) is 63.9 Å². The molecule has 38 heavy (non-hydrogen) atoms.